The fourth-order valence-electron chi connectivity index (χ4n) is 4.00. The maximum atomic E-state index is 13.0. The first-order chi connectivity index (χ1) is 18.0. The van der Waals surface area contributed by atoms with Crippen LogP contribution in [0.5, 0.6) is 0 Å². The number of nitrogens with one attached hydrogen (secondary N) is 2. The van der Waals surface area contributed by atoms with Gasteiger partial charge in [0.2, 0.25) is 5.91 Å². The van der Waals surface area contributed by atoms with Crippen molar-refractivity contribution < 1.29 is 19.1 Å². The zero-order valence-corrected chi connectivity index (χ0v) is 22.4. The number of carbonyl (C=O) groups is 3. The molecular formula is C30H35N2O4P. The largest absolute Gasteiger partial charge is 0.465 e. The molecular weight excluding hydrogens is 483 g/mol. The standard InChI is InChI=1S/C30H35N2O4P/c1-3-4-5-12-17-28(33)31-20-21-32-29(34)23-18-19-26(30(35)36-2)27(22-23)37(24-13-8-6-9-14-24)25-15-10-7-11-16-25/h6-11,13-16,18-19,22H,3-5,12,17,20-21H2,1-2H3,(H,31,33)(H,32,34). The van der Waals surface area contributed by atoms with Gasteiger partial charge >= 0.3 is 5.97 Å². The number of benzene rings is 3. The Bertz CT molecular complexity index is 1130. The van der Waals surface area contributed by atoms with Gasteiger partial charge in [0.05, 0.1) is 12.7 Å². The van der Waals surface area contributed by atoms with E-state index in [1.165, 1.54) is 7.11 Å². The van der Waals surface area contributed by atoms with Gasteiger partial charge in [0.15, 0.2) is 0 Å². The molecule has 0 atom stereocenters. The minimum Gasteiger partial charge on any atom is -0.465 e. The molecule has 0 spiro atoms. The van der Waals surface area contributed by atoms with Gasteiger partial charge in [0.1, 0.15) is 0 Å². The van der Waals surface area contributed by atoms with E-state index in [0.717, 1.165) is 41.6 Å². The van der Waals surface area contributed by atoms with Crippen molar-refractivity contribution in [2.24, 2.45) is 0 Å². The summed E-state index contributed by atoms with van der Waals surface area (Å²) < 4.78 is 5.07. The molecule has 0 heterocycles. The van der Waals surface area contributed by atoms with Gasteiger partial charge in [-0.15, -0.1) is 0 Å². The molecule has 2 N–H and O–H groups in total. The lowest BCUT2D eigenvalue weighted by Crippen LogP contribution is -2.35. The second-order valence-electron chi connectivity index (χ2n) is 8.65. The Labute approximate surface area is 220 Å². The zero-order valence-electron chi connectivity index (χ0n) is 21.5. The van der Waals surface area contributed by atoms with Gasteiger partial charge in [-0.2, -0.15) is 0 Å². The maximum absolute atomic E-state index is 13.0. The minimum absolute atomic E-state index is 0.00596. The maximum Gasteiger partial charge on any atom is 0.338 e. The van der Waals surface area contributed by atoms with E-state index in [0.29, 0.717) is 30.6 Å². The average Bonchev–Trinajstić information content (AvgIpc) is 2.94. The van der Waals surface area contributed by atoms with Crippen LogP contribution >= 0.6 is 7.92 Å². The number of carbonyl (C=O) groups excluding carboxylic acids is 3. The van der Waals surface area contributed by atoms with Gasteiger partial charge in [0.25, 0.3) is 5.91 Å². The van der Waals surface area contributed by atoms with Crippen molar-refractivity contribution in [1.82, 2.24) is 10.6 Å². The van der Waals surface area contributed by atoms with E-state index in [1.54, 1.807) is 18.2 Å². The third-order valence-corrected chi connectivity index (χ3v) is 8.41. The van der Waals surface area contributed by atoms with Crippen molar-refractivity contribution >= 4 is 41.6 Å². The van der Waals surface area contributed by atoms with Gasteiger partial charge in [0, 0.05) is 30.4 Å². The van der Waals surface area contributed by atoms with Crippen molar-refractivity contribution in [2.75, 3.05) is 20.2 Å². The Kier molecular flexibility index (Phi) is 11.3. The van der Waals surface area contributed by atoms with Crippen LogP contribution in [0.25, 0.3) is 0 Å². The van der Waals surface area contributed by atoms with Crippen LogP contribution in [-0.2, 0) is 9.53 Å². The van der Waals surface area contributed by atoms with E-state index in [-0.39, 0.29) is 11.8 Å². The number of rotatable bonds is 13. The van der Waals surface area contributed by atoms with Crippen LogP contribution in [0.3, 0.4) is 0 Å². The fourth-order valence-corrected chi connectivity index (χ4v) is 6.47. The summed E-state index contributed by atoms with van der Waals surface area (Å²) in [4.78, 5) is 37.7. The SMILES string of the molecule is CCCCCCC(=O)NCCNC(=O)c1ccc(C(=O)OC)c(P(c2ccccc2)c2ccccc2)c1. The van der Waals surface area contributed by atoms with Crippen molar-refractivity contribution in [2.45, 2.75) is 39.0 Å². The molecule has 6 nitrogen and oxygen atoms in total. The second kappa shape index (κ2) is 14.9. The lowest BCUT2D eigenvalue weighted by atomic mass is 10.1. The van der Waals surface area contributed by atoms with Gasteiger partial charge in [-0.3, -0.25) is 9.59 Å². The van der Waals surface area contributed by atoms with Crippen molar-refractivity contribution in [3.63, 3.8) is 0 Å². The number of methoxy groups -OCH3 is 1. The lowest BCUT2D eigenvalue weighted by molar-refractivity contribution is -0.121. The highest BCUT2D eigenvalue weighted by Gasteiger charge is 2.24. The topological polar surface area (TPSA) is 84.5 Å². The van der Waals surface area contributed by atoms with Crippen LogP contribution in [0, 0.1) is 0 Å². The van der Waals surface area contributed by atoms with Crippen molar-refractivity contribution in [3.8, 4) is 0 Å². The molecule has 0 fully saturated rings. The Hall–Kier alpha value is -3.50. The molecule has 7 heteroatoms. The summed E-state index contributed by atoms with van der Waals surface area (Å²) in [6, 6.07) is 25.0. The van der Waals surface area contributed by atoms with Crippen LogP contribution < -0.4 is 26.5 Å². The van der Waals surface area contributed by atoms with E-state index in [9.17, 15) is 14.4 Å². The molecule has 3 aromatic rings. The Morgan fingerprint density at radius 1 is 0.784 bits per heavy atom. The molecule has 0 aliphatic rings. The highest BCUT2D eigenvalue weighted by molar-refractivity contribution is 7.80. The zero-order chi connectivity index (χ0) is 26.5. The quantitative estimate of drug-likeness (QED) is 0.203. The third kappa shape index (κ3) is 8.26. The number of unbranched alkanes of at least 4 members (excludes halogenated alkanes) is 3. The molecule has 0 aliphatic carbocycles. The summed E-state index contributed by atoms with van der Waals surface area (Å²) in [7, 11) is 0.242. The van der Waals surface area contributed by atoms with E-state index in [2.05, 4.69) is 17.6 Å². The molecule has 0 aliphatic heterocycles. The normalized spacial score (nSPS) is 10.7. The van der Waals surface area contributed by atoms with E-state index in [4.69, 9.17) is 4.74 Å². The second-order valence-corrected chi connectivity index (χ2v) is 10.8. The van der Waals surface area contributed by atoms with Crippen molar-refractivity contribution in [3.05, 3.63) is 90.0 Å². The van der Waals surface area contributed by atoms with Crippen LogP contribution in [0.1, 0.15) is 59.7 Å². The fraction of sp³-hybridized carbons (Fsp3) is 0.300. The molecule has 3 aromatic carbocycles. The van der Waals surface area contributed by atoms with Gasteiger partial charge in [-0.25, -0.2) is 4.79 Å². The van der Waals surface area contributed by atoms with Crippen LogP contribution in [0.4, 0.5) is 0 Å². The number of ether oxygens (including phenoxy) is 1. The number of amides is 2. The molecule has 0 bridgehead atoms. The smallest absolute Gasteiger partial charge is 0.338 e. The van der Waals surface area contributed by atoms with E-state index >= 15 is 0 Å². The van der Waals surface area contributed by atoms with Gasteiger partial charge < -0.3 is 15.4 Å². The molecule has 194 valence electrons. The van der Waals surface area contributed by atoms with Gasteiger partial charge in [-0.1, -0.05) is 86.8 Å². The van der Waals surface area contributed by atoms with Gasteiger partial charge in [-0.05, 0) is 43.2 Å². The average molecular weight is 519 g/mol. The van der Waals surface area contributed by atoms with Crippen LogP contribution in [-0.4, -0.2) is 38.0 Å². The molecule has 37 heavy (non-hydrogen) atoms. The van der Waals surface area contributed by atoms with Crippen molar-refractivity contribution in [1.29, 1.82) is 0 Å². The first-order valence-corrected chi connectivity index (χ1v) is 14.1. The Morgan fingerprint density at radius 3 is 2.00 bits per heavy atom. The predicted molar refractivity (Wildman–Crippen MR) is 151 cm³/mol. The lowest BCUT2D eigenvalue weighted by Gasteiger charge is -2.22. The molecule has 0 radical (unpaired) electrons. The molecule has 0 unspecified atom stereocenters. The predicted octanol–water partition coefficient (Wildman–Crippen LogP) is 4.05. The van der Waals surface area contributed by atoms with Crippen LogP contribution in [0.15, 0.2) is 78.9 Å². The number of hydrogen-bond acceptors (Lipinski definition) is 4. The summed E-state index contributed by atoms with van der Waals surface area (Å²) in [5.74, 6) is -0.694. The van der Waals surface area contributed by atoms with E-state index in [1.807, 2.05) is 60.7 Å². The summed E-state index contributed by atoms with van der Waals surface area (Å²) in [6.45, 7) is 2.82. The number of hydrogen-bond donors (Lipinski definition) is 2. The number of esters is 1. The molecule has 0 aromatic heterocycles. The summed E-state index contributed by atoms with van der Waals surface area (Å²) in [5.41, 5.74) is 0.890. The monoisotopic (exact) mass is 518 g/mol. The molecule has 2 amide bonds. The van der Waals surface area contributed by atoms with E-state index < -0.39 is 13.9 Å². The summed E-state index contributed by atoms with van der Waals surface area (Å²) >= 11 is 0. The summed E-state index contributed by atoms with van der Waals surface area (Å²) in [6.07, 6.45) is 4.71. The Morgan fingerprint density at radius 2 is 1.41 bits per heavy atom. The Balaban J connectivity index is 1.79. The summed E-state index contributed by atoms with van der Waals surface area (Å²) in [5, 5.41) is 8.62. The highest BCUT2D eigenvalue weighted by Crippen LogP contribution is 2.34. The first-order valence-electron chi connectivity index (χ1n) is 12.7. The molecule has 0 saturated carbocycles. The van der Waals surface area contributed by atoms with Crippen LogP contribution in [0.2, 0.25) is 0 Å². The minimum atomic E-state index is -1.12. The molecule has 0 saturated heterocycles. The first kappa shape index (κ1) is 28.1. The third-order valence-electron chi connectivity index (χ3n) is 5.93. The highest BCUT2D eigenvalue weighted by atomic mass is 31.1. The molecule has 3 rings (SSSR count).